The highest BCUT2D eigenvalue weighted by atomic mass is 35.5. The molecule has 0 aliphatic heterocycles. The molecule has 0 unspecified atom stereocenters. The minimum Gasteiger partial charge on any atom is -0.490 e. The Balaban J connectivity index is 3.09. The molecule has 0 atom stereocenters. The van der Waals surface area contributed by atoms with Crippen molar-refractivity contribution in [1.82, 2.24) is 4.98 Å². The Morgan fingerprint density at radius 1 is 1.18 bits per heavy atom. The van der Waals surface area contributed by atoms with E-state index in [9.17, 15) is 4.79 Å². The molecule has 0 saturated carbocycles. The van der Waals surface area contributed by atoms with Crippen molar-refractivity contribution in [2.45, 2.75) is 66.9 Å². The zero-order valence-electron chi connectivity index (χ0n) is 18.3. The number of halogens is 1. The zero-order valence-corrected chi connectivity index (χ0v) is 19.1. The summed E-state index contributed by atoms with van der Waals surface area (Å²) < 4.78 is 16.1. The van der Waals surface area contributed by atoms with E-state index in [1.165, 1.54) is 0 Å². The van der Waals surface area contributed by atoms with Crippen molar-refractivity contribution in [3.63, 3.8) is 0 Å². The maximum atomic E-state index is 12.2. The summed E-state index contributed by atoms with van der Waals surface area (Å²) >= 11 is 6.23. The van der Waals surface area contributed by atoms with Crippen molar-refractivity contribution in [3.05, 3.63) is 22.5 Å². The highest BCUT2D eigenvalue weighted by molar-refractivity contribution is 6.30. The zero-order chi connectivity index (χ0) is 21.5. The maximum absolute atomic E-state index is 12.2. The van der Waals surface area contributed by atoms with Crippen LogP contribution in [0.1, 0.15) is 59.2 Å². The van der Waals surface area contributed by atoms with Crippen LogP contribution in [-0.2, 0) is 15.9 Å². The van der Waals surface area contributed by atoms with Crippen LogP contribution in [0.5, 0.6) is 5.75 Å². The second-order valence-corrected chi connectivity index (χ2v) is 9.04. The summed E-state index contributed by atoms with van der Waals surface area (Å²) in [5, 5.41) is 0.319. The minimum absolute atomic E-state index is 0.317. The van der Waals surface area contributed by atoms with Crippen molar-refractivity contribution in [2.24, 2.45) is 10.4 Å². The molecule has 0 saturated heterocycles. The molecule has 0 aromatic carbocycles. The Bertz CT molecular complexity index is 704. The largest absolute Gasteiger partial charge is 0.490 e. The number of aliphatic imine (C=N–C) groups is 1. The average molecular weight is 413 g/mol. The molecule has 0 aliphatic carbocycles. The predicted molar refractivity (Wildman–Crippen MR) is 113 cm³/mol. The van der Waals surface area contributed by atoms with Gasteiger partial charge in [-0.3, -0.25) is 0 Å². The quantitative estimate of drug-likeness (QED) is 0.339. The van der Waals surface area contributed by atoms with E-state index < -0.39 is 11.7 Å². The van der Waals surface area contributed by atoms with E-state index >= 15 is 0 Å². The van der Waals surface area contributed by atoms with Crippen molar-refractivity contribution < 1.29 is 19.0 Å². The summed E-state index contributed by atoms with van der Waals surface area (Å²) in [6, 6.07) is 1.87. The van der Waals surface area contributed by atoms with Crippen LogP contribution >= 0.6 is 11.6 Å². The standard InChI is InChI=1S/C21H33ClN2O4/c1-14-15(12-16(18(22)23-14)27-11-9-10-26-8)13-17(20(2,3)4)24-19(25)28-21(5,6)7/h12H,9-11,13H2,1-8H3/b24-17-. The fraction of sp³-hybridized carbons (Fsp3) is 0.667. The molecule has 0 aliphatic rings. The number of ether oxygens (including phenoxy) is 3. The van der Waals surface area contributed by atoms with Crippen LogP contribution in [-0.4, -0.2) is 42.7 Å². The van der Waals surface area contributed by atoms with E-state index in [1.807, 2.05) is 54.5 Å². The smallest absolute Gasteiger partial charge is 0.434 e. The first kappa shape index (κ1) is 24.4. The third-order valence-electron chi connectivity index (χ3n) is 3.83. The molecule has 1 amide bonds. The van der Waals surface area contributed by atoms with Crippen molar-refractivity contribution in [3.8, 4) is 5.75 Å². The molecule has 0 N–H and O–H groups in total. The molecule has 0 radical (unpaired) electrons. The second-order valence-electron chi connectivity index (χ2n) is 8.68. The predicted octanol–water partition coefficient (Wildman–Crippen LogP) is 5.42. The molecular formula is C21H33ClN2O4. The summed E-state index contributed by atoms with van der Waals surface area (Å²) in [5.74, 6) is 0.517. The normalized spacial score (nSPS) is 12.8. The Morgan fingerprint density at radius 3 is 2.36 bits per heavy atom. The van der Waals surface area contributed by atoms with Gasteiger partial charge < -0.3 is 14.2 Å². The van der Waals surface area contributed by atoms with E-state index in [4.69, 9.17) is 25.8 Å². The van der Waals surface area contributed by atoms with Gasteiger partial charge in [-0.1, -0.05) is 32.4 Å². The van der Waals surface area contributed by atoms with E-state index in [0.29, 0.717) is 36.2 Å². The number of aryl methyl sites for hydroxylation is 1. The van der Waals surface area contributed by atoms with Gasteiger partial charge in [0.15, 0.2) is 10.9 Å². The van der Waals surface area contributed by atoms with Crippen LogP contribution in [0.25, 0.3) is 0 Å². The number of pyridine rings is 1. The summed E-state index contributed by atoms with van der Waals surface area (Å²) in [6.07, 6.45) is 0.615. The lowest BCUT2D eigenvalue weighted by Crippen LogP contribution is -2.27. The number of methoxy groups -OCH3 is 1. The van der Waals surface area contributed by atoms with Gasteiger partial charge in [0.05, 0.1) is 6.61 Å². The second kappa shape index (κ2) is 10.2. The van der Waals surface area contributed by atoms with Crippen LogP contribution in [0.15, 0.2) is 11.1 Å². The molecule has 0 spiro atoms. The monoisotopic (exact) mass is 412 g/mol. The van der Waals surface area contributed by atoms with E-state index in [2.05, 4.69) is 9.98 Å². The molecule has 1 aromatic heterocycles. The number of carbonyl (C=O) groups is 1. The fourth-order valence-electron chi connectivity index (χ4n) is 2.31. The van der Waals surface area contributed by atoms with Crippen LogP contribution in [0.4, 0.5) is 4.79 Å². The summed E-state index contributed by atoms with van der Waals surface area (Å²) in [6.45, 7) is 14.5. The number of amides is 1. The molecule has 1 aromatic rings. The molecular weight excluding hydrogens is 380 g/mol. The lowest BCUT2D eigenvalue weighted by Gasteiger charge is -2.24. The molecule has 28 heavy (non-hydrogen) atoms. The van der Waals surface area contributed by atoms with Gasteiger partial charge in [0.2, 0.25) is 0 Å². The van der Waals surface area contributed by atoms with E-state index in [0.717, 1.165) is 17.7 Å². The van der Waals surface area contributed by atoms with E-state index in [-0.39, 0.29) is 5.41 Å². The highest BCUT2D eigenvalue weighted by Gasteiger charge is 2.24. The molecule has 1 heterocycles. The summed E-state index contributed by atoms with van der Waals surface area (Å²) in [5.41, 5.74) is 1.48. The Labute approximate surface area is 173 Å². The lowest BCUT2D eigenvalue weighted by atomic mass is 9.86. The van der Waals surface area contributed by atoms with Gasteiger partial charge >= 0.3 is 6.09 Å². The third-order valence-corrected chi connectivity index (χ3v) is 4.10. The van der Waals surface area contributed by atoms with Gasteiger partial charge in [0, 0.05) is 43.4 Å². The SMILES string of the molecule is COCCCOc1cc(C/C(=N/C(=O)OC(C)(C)C)C(C)(C)C)c(C)nc1Cl. The first-order valence-corrected chi connectivity index (χ1v) is 9.80. The molecule has 1 rings (SSSR count). The van der Waals surface area contributed by atoms with Crippen molar-refractivity contribution >= 4 is 23.4 Å². The highest BCUT2D eigenvalue weighted by Crippen LogP contribution is 2.28. The number of carbonyl (C=O) groups excluding carboxylic acids is 1. The van der Waals surface area contributed by atoms with Gasteiger partial charge in [-0.25, -0.2) is 9.78 Å². The molecule has 0 fully saturated rings. The number of hydrogen-bond donors (Lipinski definition) is 0. The van der Waals surface area contributed by atoms with Gasteiger partial charge in [0.1, 0.15) is 5.60 Å². The first-order valence-electron chi connectivity index (χ1n) is 9.42. The molecule has 0 bridgehead atoms. The minimum atomic E-state index is -0.593. The summed E-state index contributed by atoms with van der Waals surface area (Å²) in [4.78, 5) is 20.9. The van der Waals surface area contributed by atoms with Crippen LogP contribution in [0.2, 0.25) is 5.15 Å². The van der Waals surface area contributed by atoms with Gasteiger partial charge in [-0.2, -0.15) is 4.99 Å². The van der Waals surface area contributed by atoms with Gasteiger partial charge in [0.25, 0.3) is 0 Å². The Hall–Kier alpha value is -1.66. The molecule has 7 heteroatoms. The van der Waals surface area contributed by atoms with Crippen LogP contribution < -0.4 is 4.74 Å². The fourth-order valence-corrected chi connectivity index (χ4v) is 2.55. The number of rotatable bonds is 7. The average Bonchev–Trinajstić information content (AvgIpc) is 2.51. The number of nitrogens with zero attached hydrogens (tertiary/aromatic N) is 2. The van der Waals surface area contributed by atoms with Gasteiger partial charge in [-0.05, 0) is 39.3 Å². The van der Waals surface area contributed by atoms with Crippen LogP contribution in [0.3, 0.4) is 0 Å². The molecule has 6 nitrogen and oxygen atoms in total. The first-order chi connectivity index (χ1) is 12.8. The van der Waals surface area contributed by atoms with Gasteiger partial charge in [-0.15, -0.1) is 0 Å². The lowest BCUT2D eigenvalue weighted by molar-refractivity contribution is 0.0602. The molecule has 158 valence electrons. The van der Waals surface area contributed by atoms with Crippen molar-refractivity contribution in [2.75, 3.05) is 20.3 Å². The number of hydrogen-bond acceptors (Lipinski definition) is 5. The topological polar surface area (TPSA) is 70.0 Å². The maximum Gasteiger partial charge on any atom is 0.434 e. The summed E-state index contributed by atoms with van der Waals surface area (Å²) in [7, 11) is 1.65. The number of aromatic nitrogens is 1. The van der Waals surface area contributed by atoms with Crippen LogP contribution in [0, 0.1) is 12.3 Å². The Kier molecular flexibility index (Phi) is 8.89. The van der Waals surface area contributed by atoms with Crippen molar-refractivity contribution in [1.29, 1.82) is 0 Å². The van der Waals surface area contributed by atoms with E-state index in [1.54, 1.807) is 7.11 Å². The Morgan fingerprint density at radius 2 is 1.82 bits per heavy atom. The third kappa shape index (κ3) is 8.57.